The number of ether oxygens (including phenoxy) is 1. The molecule has 0 aliphatic carbocycles. The smallest absolute Gasteiger partial charge is 0.390 e. The highest BCUT2D eigenvalue weighted by atomic mass is 16.6. The van der Waals surface area contributed by atoms with E-state index in [-0.39, 0.29) is 23.7 Å². The number of carbonyl (C=O) groups is 1. The van der Waals surface area contributed by atoms with Crippen LogP contribution < -0.4 is 10.1 Å². The third kappa shape index (κ3) is 4.12. The summed E-state index contributed by atoms with van der Waals surface area (Å²) >= 11 is 0. The molecule has 138 valence electrons. The van der Waals surface area contributed by atoms with Gasteiger partial charge in [0.25, 0.3) is 5.69 Å². The number of nitro groups is 2. The number of aryl methyl sites for hydroxylation is 1. The number of benzene rings is 1. The van der Waals surface area contributed by atoms with E-state index in [9.17, 15) is 25.0 Å². The molecule has 1 atom stereocenters. The Balaban J connectivity index is 2.15. The first-order valence-electron chi connectivity index (χ1n) is 7.55. The second-order valence-corrected chi connectivity index (χ2v) is 5.61. The summed E-state index contributed by atoms with van der Waals surface area (Å²) in [5.41, 5.74) is 0.276. The van der Waals surface area contributed by atoms with Crippen LogP contribution in [-0.2, 0) is 11.3 Å². The lowest BCUT2D eigenvalue weighted by molar-refractivity contribution is -0.389. The molecule has 2 rings (SSSR count). The number of nitro benzene ring substituents is 1. The van der Waals surface area contributed by atoms with Crippen molar-refractivity contribution in [3.05, 3.63) is 50.2 Å². The van der Waals surface area contributed by atoms with Crippen LogP contribution >= 0.6 is 0 Å². The maximum absolute atomic E-state index is 12.4. The normalized spacial score (nSPS) is 11.7. The molecule has 26 heavy (non-hydrogen) atoms. The van der Waals surface area contributed by atoms with Crippen molar-refractivity contribution in [2.24, 2.45) is 5.92 Å². The summed E-state index contributed by atoms with van der Waals surface area (Å²) < 4.78 is 6.29. The van der Waals surface area contributed by atoms with Crippen molar-refractivity contribution in [3.63, 3.8) is 0 Å². The van der Waals surface area contributed by atoms with Gasteiger partial charge in [-0.2, -0.15) is 4.68 Å². The van der Waals surface area contributed by atoms with Crippen LogP contribution in [0.1, 0.15) is 12.6 Å². The summed E-state index contributed by atoms with van der Waals surface area (Å²) in [6.45, 7) is 3.33. The summed E-state index contributed by atoms with van der Waals surface area (Å²) in [7, 11) is 1.38. The highest BCUT2D eigenvalue weighted by Gasteiger charge is 2.23. The van der Waals surface area contributed by atoms with Gasteiger partial charge in [0.15, 0.2) is 0 Å². The van der Waals surface area contributed by atoms with E-state index in [1.165, 1.54) is 36.1 Å². The molecule has 0 fully saturated rings. The van der Waals surface area contributed by atoms with Gasteiger partial charge >= 0.3 is 5.82 Å². The summed E-state index contributed by atoms with van der Waals surface area (Å²) in [6.07, 6.45) is 0. The van der Waals surface area contributed by atoms with Gasteiger partial charge in [0, 0.05) is 0 Å². The Morgan fingerprint density at radius 2 is 2.00 bits per heavy atom. The first-order chi connectivity index (χ1) is 12.2. The van der Waals surface area contributed by atoms with Crippen LogP contribution in [0.3, 0.4) is 0 Å². The number of methoxy groups -OCH3 is 1. The maximum atomic E-state index is 12.4. The van der Waals surface area contributed by atoms with Gasteiger partial charge in [0.2, 0.25) is 5.91 Å². The Bertz CT molecular complexity index is 862. The van der Waals surface area contributed by atoms with Gasteiger partial charge < -0.3 is 20.2 Å². The van der Waals surface area contributed by atoms with E-state index in [1.807, 2.05) is 0 Å². The summed E-state index contributed by atoms with van der Waals surface area (Å²) in [5.74, 6) is -1.12. The fourth-order valence-electron chi connectivity index (χ4n) is 2.26. The van der Waals surface area contributed by atoms with E-state index in [4.69, 9.17) is 4.74 Å². The van der Waals surface area contributed by atoms with Crippen LogP contribution in [0.2, 0.25) is 0 Å². The Labute approximate surface area is 147 Å². The van der Waals surface area contributed by atoms with Crippen LogP contribution in [0.25, 0.3) is 0 Å². The van der Waals surface area contributed by atoms with Crippen molar-refractivity contribution < 1.29 is 19.4 Å². The molecule has 0 aliphatic heterocycles. The van der Waals surface area contributed by atoms with E-state index in [1.54, 1.807) is 13.8 Å². The lowest BCUT2D eigenvalue weighted by Gasteiger charge is -2.12. The van der Waals surface area contributed by atoms with Crippen molar-refractivity contribution in [1.29, 1.82) is 0 Å². The van der Waals surface area contributed by atoms with Gasteiger partial charge in [0.1, 0.15) is 11.4 Å². The van der Waals surface area contributed by atoms with Gasteiger partial charge in [-0.05, 0) is 24.0 Å². The first kappa shape index (κ1) is 18.8. The average molecular weight is 363 g/mol. The molecule has 0 spiro atoms. The molecule has 1 aromatic heterocycles. The molecule has 0 bridgehead atoms. The first-order valence-corrected chi connectivity index (χ1v) is 7.55. The predicted molar refractivity (Wildman–Crippen MR) is 91.1 cm³/mol. The molecule has 0 radical (unpaired) electrons. The molecule has 1 N–H and O–H groups in total. The van der Waals surface area contributed by atoms with Crippen molar-refractivity contribution in [2.75, 3.05) is 12.4 Å². The molecule has 11 heteroatoms. The van der Waals surface area contributed by atoms with Crippen LogP contribution in [-0.4, -0.2) is 32.6 Å². The van der Waals surface area contributed by atoms with Gasteiger partial charge in [-0.15, -0.1) is 0 Å². The monoisotopic (exact) mass is 363 g/mol. The second-order valence-electron chi connectivity index (χ2n) is 5.61. The Hall–Kier alpha value is -3.50. The zero-order valence-corrected chi connectivity index (χ0v) is 14.3. The number of rotatable bonds is 7. The SMILES string of the molecule is COc1ccc(NC(=O)C(C)Cn2nc([N+](=O)[O-])cc2C)c([N+](=O)[O-])c1. The molecule has 1 unspecified atom stereocenters. The van der Waals surface area contributed by atoms with Crippen molar-refractivity contribution in [1.82, 2.24) is 9.78 Å². The predicted octanol–water partition coefficient (Wildman–Crippen LogP) is 2.29. The van der Waals surface area contributed by atoms with Crippen molar-refractivity contribution >= 4 is 23.1 Å². The minimum Gasteiger partial charge on any atom is -0.496 e. The van der Waals surface area contributed by atoms with E-state index >= 15 is 0 Å². The molecule has 0 saturated carbocycles. The fourth-order valence-corrected chi connectivity index (χ4v) is 2.26. The van der Waals surface area contributed by atoms with Crippen LogP contribution in [0.5, 0.6) is 5.75 Å². The summed E-state index contributed by atoms with van der Waals surface area (Å²) in [5, 5.41) is 28.2. The minimum atomic E-state index is -0.630. The lowest BCUT2D eigenvalue weighted by Crippen LogP contribution is -2.25. The van der Waals surface area contributed by atoms with E-state index in [0.717, 1.165) is 0 Å². The molecular weight excluding hydrogens is 346 g/mol. The van der Waals surface area contributed by atoms with Crippen LogP contribution in [0.4, 0.5) is 17.2 Å². The average Bonchev–Trinajstić information content (AvgIpc) is 2.96. The number of anilines is 1. The number of carbonyl (C=O) groups excluding carboxylic acids is 1. The minimum absolute atomic E-state index is 0.0378. The number of hydrogen-bond donors (Lipinski definition) is 1. The maximum Gasteiger partial charge on any atom is 0.390 e. The third-order valence-corrected chi connectivity index (χ3v) is 3.71. The van der Waals surface area contributed by atoms with Gasteiger partial charge in [-0.1, -0.05) is 6.92 Å². The van der Waals surface area contributed by atoms with E-state index in [2.05, 4.69) is 10.4 Å². The molecule has 0 aliphatic rings. The van der Waals surface area contributed by atoms with Crippen molar-refractivity contribution in [3.8, 4) is 5.75 Å². The highest BCUT2D eigenvalue weighted by Crippen LogP contribution is 2.29. The molecule has 11 nitrogen and oxygen atoms in total. The summed E-state index contributed by atoms with van der Waals surface area (Å²) in [4.78, 5) is 33.0. The quantitative estimate of drug-likeness (QED) is 0.587. The Morgan fingerprint density at radius 1 is 1.31 bits per heavy atom. The Morgan fingerprint density at radius 3 is 2.54 bits per heavy atom. The van der Waals surface area contributed by atoms with Gasteiger partial charge in [-0.25, -0.2) is 0 Å². The highest BCUT2D eigenvalue weighted by molar-refractivity contribution is 5.94. The number of nitrogens with one attached hydrogen (secondary N) is 1. The number of amides is 1. The summed E-state index contributed by atoms with van der Waals surface area (Å²) in [6, 6.07) is 5.39. The molecule has 1 heterocycles. The van der Waals surface area contributed by atoms with Crippen LogP contribution in [0, 0.1) is 33.1 Å². The standard InChI is InChI=1S/C15H17N5O6/c1-9(8-18-10(2)6-14(17-18)20(24)25)15(21)16-12-5-4-11(26-3)7-13(12)19(22)23/h4-7,9H,8H2,1-3H3,(H,16,21). The van der Waals surface area contributed by atoms with Crippen molar-refractivity contribution in [2.45, 2.75) is 20.4 Å². The van der Waals surface area contributed by atoms with Gasteiger partial charge in [0.05, 0.1) is 47.4 Å². The molecule has 2 aromatic rings. The topological polar surface area (TPSA) is 142 Å². The molecule has 0 saturated heterocycles. The van der Waals surface area contributed by atoms with E-state index < -0.39 is 21.7 Å². The van der Waals surface area contributed by atoms with Crippen LogP contribution in [0.15, 0.2) is 24.3 Å². The zero-order valence-electron chi connectivity index (χ0n) is 14.3. The number of hydrogen-bond acceptors (Lipinski definition) is 7. The fraction of sp³-hybridized carbons (Fsp3) is 0.333. The Kier molecular flexibility index (Phi) is 5.50. The largest absolute Gasteiger partial charge is 0.496 e. The lowest BCUT2D eigenvalue weighted by atomic mass is 10.1. The van der Waals surface area contributed by atoms with E-state index in [0.29, 0.717) is 11.4 Å². The third-order valence-electron chi connectivity index (χ3n) is 3.71. The molecule has 1 aromatic carbocycles. The number of nitrogens with zero attached hydrogens (tertiary/aromatic N) is 4. The second kappa shape index (κ2) is 7.59. The molecule has 1 amide bonds. The molecular formula is C15H17N5O6. The zero-order chi connectivity index (χ0) is 19.4. The van der Waals surface area contributed by atoms with Gasteiger partial charge in [-0.3, -0.25) is 14.9 Å². The number of aromatic nitrogens is 2.